The average Bonchev–Trinajstić information content (AvgIpc) is 3.36. The molecule has 0 aliphatic carbocycles. The summed E-state index contributed by atoms with van der Waals surface area (Å²) in [4.78, 5) is 53.9. The third-order valence-corrected chi connectivity index (χ3v) is 5.51. The number of nitrogens with zero attached hydrogens (tertiary/aromatic N) is 4. The van der Waals surface area contributed by atoms with Crippen LogP contribution in [-0.2, 0) is 4.74 Å². The van der Waals surface area contributed by atoms with E-state index in [0.717, 1.165) is 16.7 Å². The van der Waals surface area contributed by atoms with E-state index in [2.05, 4.69) is 4.98 Å². The van der Waals surface area contributed by atoms with Crippen molar-refractivity contribution in [3.8, 4) is 17.8 Å². The summed E-state index contributed by atoms with van der Waals surface area (Å²) in [6, 6.07) is 7.98. The van der Waals surface area contributed by atoms with E-state index in [4.69, 9.17) is 37.4 Å². The van der Waals surface area contributed by atoms with Crippen molar-refractivity contribution < 1.29 is 28.2 Å². The normalized spacial score (nSPS) is 14.8. The van der Waals surface area contributed by atoms with Crippen molar-refractivity contribution in [2.24, 2.45) is 0 Å². The van der Waals surface area contributed by atoms with Crippen LogP contribution in [0, 0.1) is 17.1 Å². The molecule has 1 aliphatic heterocycles. The van der Waals surface area contributed by atoms with Gasteiger partial charge in [-0.25, -0.2) is 14.4 Å². The number of rotatable bonds is 4. The van der Waals surface area contributed by atoms with E-state index in [1.165, 1.54) is 18.2 Å². The Morgan fingerprint density at radius 1 is 1.19 bits per heavy atom. The van der Waals surface area contributed by atoms with E-state index in [-0.39, 0.29) is 25.7 Å². The Balaban J connectivity index is 1.64. The maximum Gasteiger partial charge on any atom is 0.432 e. The van der Waals surface area contributed by atoms with Gasteiger partial charge in [0.2, 0.25) is 17.6 Å². The molecule has 1 unspecified atom stereocenters. The van der Waals surface area contributed by atoms with Crippen LogP contribution in [0.1, 0.15) is 35.0 Å². The summed E-state index contributed by atoms with van der Waals surface area (Å²) in [5.74, 6) is -3.45. The second-order valence-corrected chi connectivity index (χ2v) is 8.11. The first-order valence-corrected chi connectivity index (χ1v) is 10.9. The van der Waals surface area contributed by atoms with Gasteiger partial charge in [0.25, 0.3) is 0 Å². The van der Waals surface area contributed by atoms with E-state index in [1.807, 2.05) is 0 Å². The fraction of sp³-hybridized carbons (Fsp3) is 0.182. The number of carbonyl (C=O) groups is 2. The van der Waals surface area contributed by atoms with Gasteiger partial charge in [-0.1, -0.05) is 23.2 Å². The maximum atomic E-state index is 14.2. The van der Waals surface area contributed by atoms with Crippen LogP contribution < -0.4 is 20.7 Å². The number of ether oxygens (including phenoxy) is 3. The van der Waals surface area contributed by atoms with Crippen LogP contribution in [0.3, 0.4) is 0 Å². The van der Waals surface area contributed by atoms with Crippen LogP contribution in [-0.4, -0.2) is 32.8 Å². The van der Waals surface area contributed by atoms with Crippen LogP contribution in [0.5, 0.6) is 11.8 Å². The van der Waals surface area contributed by atoms with Crippen molar-refractivity contribution in [1.29, 1.82) is 5.26 Å². The SMILES string of the molecule is N#Cc1ccc(OC(=O)c2ccc(Cl)cc2Cl)nc1OC(=O)n1c(=O)c(F)cn(C2CCCO2)c1=O. The lowest BCUT2D eigenvalue weighted by molar-refractivity contribution is 0.0506. The van der Waals surface area contributed by atoms with Gasteiger partial charge in [-0.05, 0) is 37.1 Å². The zero-order valence-corrected chi connectivity index (χ0v) is 19.5. The van der Waals surface area contributed by atoms with Crippen molar-refractivity contribution >= 4 is 35.3 Å². The zero-order chi connectivity index (χ0) is 26.0. The number of esters is 1. The molecular formula is C22H13Cl2FN4O7. The third kappa shape index (κ3) is 4.99. The topological polar surface area (TPSA) is 143 Å². The molecule has 0 radical (unpaired) electrons. The summed E-state index contributed by atoms with van der Waals surface area (Å²) in [5, 5.41) is 9.61. The highest BCUT2D eigenvalue weighted by molar-refractivity contribution is 6.36. The summed E-state index contributed by atoms with van der Waals surface area (Å²) in [6.45, 7) is 0.310. The van der Waals surface area contributed by atoms with Gasteiger partial charge in [0.15, 0.2) is 0 Å². The van der Waals surface area contributed by atoms with Gasteiger partial charge < -0.3 is 14.2 Å². The highest BCUT2D eigenvalue weighted by Crippen LogP contribution is 2.25. The molecule has 0 bridgehead atoms. The molecule has 0 saturated carbocycles. The Kier molecular flexibility index (Phi) is 7.16. The first kappa shape index (κ1) is 25.1. The molecule has 36 heavy (non-hydrogen) atoms. The third-order valence-electron chi connectivity index (χ3n) is 4.96. The minimum atomic E-state index is -1.63. The van der Waals surface area contributed by atoms with E-state index < -0.39 is 47.1 Å². The van der Waals surface area contributed by atoms with Crippen molar-refractivity contribution in [3.05, 3.63) is 84.4 Å². The number of hydrogen-bond acceptors (Lipinski definition) is 9. The first-order valence-electron chi connectivity index (χ1n) is 10.2. The highest BCUT2D eigenvalue weighted by atomic mass is 35.5. The van der Waals surface area contributed by atoms with E-state index >= 15 is 0 Å². The number of carbonyl (C=O) groups excluding carboxylic acids is 2. The standard InChI is InChI=1S/C22H13Cl2FN4O7/c23-12-4-5-13(14(24)8-12)20(31)35-16-6-3-11(9-26)18(27-16)36-22(33)29-19(30)15(25)10-28(21(29)32)17-2-1-7-34-17/h3-6,8,10,17H,1-2,7H2. The Morgan fingerprint density at radius 3 is 2.64 bits per heavy atom. The van der Waals surface area contributed by atoms with E-state index in [1.54, 1.807) is 6.07 Å². The summed E-state index contributed by atoms with van der Waals surface area (Å²) in [7, 11) is 0. The molecule has 1 fully saturated rings. The molecule has 3 heterocycles. The van der Waals surface area contributed by atoms with Crippen molar-refractivity contribution in [2.45, 2.75) is 19.1 Å². The molecule has 1 aromatic carbocycles. The number of nitriles is 1. The summed E-state index contributed by atoms with van der Waals surface area (Å²) in [5.41, 5.74) is -3.14. The smallest absolute Gasteiger partial charge is 0.404 e. The fourth-order valence-corrected chi connectivity index (χ4v) is 3.75. The Morgan fingerprint density at radius 2 is 1.97 bits per heavy atom. The number of halogens is 3. The van der Waals surface area contributed by atoms with Crippen LogP contribution in [0.4, 0.5) is 9.18 Å². The van der Waals surface area contributed by atoms with Crippen LogP contribution in [0.25, 0.3) is 0 Å². The average molecular weight is 535 g/mol. The van der Waals surface area contributed by atoms with Gasteiger partial charge in [0.05, 0.1) is 16.8 Å². The molecule has 0 amide bonds. The minimum absolute atomic E-state index is 0.000738. The molecule has 1 atom stereocenters. The van der Waals surface area contributed by atoms with E-state index in [9.17, 15) is 28.8 Å². The second kappa shape index (κ2) is 10.3. The lowest BCUT2D eigenvalue weighted by Crippen LogP contribution is -2.47. The second-order valence-electron chi connectivity index (χ2n) is 7.27. The van der Waals surface area contributed by atoms with Gasteiger partial charge in [-0.2, -0.15) is 19.2 Å². The maximum absolute atomic E-state index is 14.2. The molecule has 4 rings (SSSR count). The summed E-state index contributed by atoms with van der Waals surface area (Å²) >= 11 is 11.8. The molecule has 1 aliphatic rings. The number of benzene rings is 1. The van der Waals surface area contributed by atoms with Gasteiger partial charge in [0, 0.05) is 17.7 Å². The zero-order valence-electron chi connectivity index (χ0n) is 17.9. The minimum Gasteiger partial charge on any atom is -0.404 e. The van der Waals surface area contributed by atoms with Gasteiger partial charge in [-0.15, -0.1) is 0 Å². The van der Waals surface area contributed by atoms with Gasteiger partial charge in [-0.3, -0.25) is 9.36 Å². The molecule has 3 aromatic rings. The summed E-state index contributed by atoms with van der Waals surface area (Å²) in [6.07, 6.45) is -0.917. The summed E-state index contributed by atoms with van der Waals surface area (Å²) < 4.78 is 30.3. The molecule has 14 heteroatoms. The molecule has 184 valence electrons. The molecule has 0 spiro atoms. The molecule has 11 nitrogen and oxygen atoms in total. The largest absolute Gasteiger partial charge is 0.432 e. The van der Waals surface area contributed by atoms with Crippen LogP contribution in [0.15, 0.2) is 46.1 Å². The Hall–Kier alpha value is -4.05. The van der Waals surface area contributed by atoms with E-state index in [0.29, 0.717) is 25.6 Å². The number of pyridine rings is 1. The fourth-order valence-electron chi connectivity index (χ4n) is 3.27. The monoisotopic (exact) mass is 534 g/mol. The predicted molar refractivity (Wildman–Crippen MR) is 121 cm³/mol. The van der Waals surface area contributed by atoms with Crippen molar-refractivity contribution in [3.63, 3.8) is 0 Å². The lowest BCUT2D eigenvalue weighted by Gasteiger charge is -2.15. The lowest BCUT2D eigenvalue weighted by atomic mass is 10.2. The number of hydrogen-bond donors (Lipinski definition) is 0. The number of aromatic nitrogens is 3. The van der Waals surface area contributed by atoms with Crippen molar-refractivity contribution in [2.75, 3.05) is 6.61 Å². The first-order chi connectivity index (χ1) is 17.2. The molecule has 2 aromatic heterocycles. The molecule has 1 saturated heterocycles. The van der Waals surface area contributed by atoms with Gasteiger partial charge >= 0.3 is 23.3 Å². The highest BCUT2D eigenvalue weighted by Gasteiger charge is 2.26. The van der Waals surface area contributed by atoms with Gasteiger partial charge in [0.1, 0.15) is 17.9 Å². The molecular weight excluding hydrogens is 522 g/mol. The van der Waals surface area contributed by atoms with Crippen LogP contribution in [0.2, 0.25) is 10.0 Å². The quantitative estimate of drug-likeness (QED) is 0.460. The van der Waals surface area contributed by atoms with Crippen LogP contribution >= 0.6 is 23.2 Å². The Labute approximate surface area is 210 Å². The molecule has 0 N–H and O–H groups in total. The Bertz CT molecular complexity index is 1540. The van der Waals surface area contributed by atoms with Crippen molar-refractivity contribution in [1.82, 2.24) is 14.1 Å². The predicted octanol–water partition coefficient (Wildman–Crippen LogP) is 3.30.